The fourth-order valence-corrected chi connectivity index (χ4v) is 8.09. The minimum atomic E-state index is -1.84. The van der Waals surface area contributed by atoms with E-state index in [1.54, 1.807) is 12.3 Å². The molecule has 6 amide bonds. The number of imide groups is 1. The lowest BCUT2D eigenvalue weighted by Crippen LogP contribution is -2.54. The minimum absolute atomic E-state index is 0.00710. The van der Waals surface area contributed by atoms with Gasteiger partial charge in [-0.2, -0.15) is 0 Å². The molecule has 1 aromatic heterocycles. The lowest BCUT2D eigenvalue weighted by Gasteiger charge is -2.41. The van der Waals surface area contributed by atoms with Gasteiger partial charge in [-0.1, -0.05) is 70.7 Å². The molecule has 14 nitrogen and oxygen atoms in total. The lowest BCUT2D eigenvalue weighted by atomic mass is 9.82. The van der Waals surface area contributed by atoms with E-state index in [0.717, 1.165) is 45.7 Å². The zero-order valence-electron chi connectivity index (χ0n) is 35.2. The molecule has 0 unspecified atom stereocenters. The second-order valence-corrected chi connectivity index (χ2v) is 22.8. The van der Waals surface area contributed by atoms with E-state index >= 15 is 4.39 Å². The predicted octanol–water partition coefficient (Wildman–Crippen LogP) is 5.01. The van der Waals surface area contributed by atoms with E-state index in [-0.39, 0.29) is 44.7 Å². The number of nitrogens with zero attached hydrogens (tertiary/aromatic N) is 4. The largest absolute Gasteiger partial charge is 0.465 e. The molecule has 1 aliphatic heterocycles. The monoisotopic (exact) mass is 850 g/mol. The van der Waals surface area contributed by atoms with Crippen LogP contribution in [0, 0.1) is 17.0 Å². The van der Waals surface area contributed by atoms with Crippen LogP contribution < -0.4 is 10.6 Å². The van der Waals surface area contributed by atoms with Gasteiger partial charge in [-0.25, -0.2) is 13.6 Å². The molecule has 0 saturated carbocycles. The molecule has 0 radical (unpaired) electrons. The van der Waals surface area contributed by atoms with Crippen LogP contribution in [0.2, 0.25) is 25.7 Å². The summed E-state index contributed by atoms with van der Waals surface area (Å²) in [5.41, 5.74) is 0.992. The van der Waals surface area contributed by atoms with E-state index in [1.807, 2.05) is 55.7 Å². The Balaban J connectivity index is 1.68. The molecule has 1 aliphatic rings. The van der Waals surface area contributed by atoms with Crippen molar-refractivity contribution in [1.29, 1.82) is 0 Å². The van der Waals surface area contributed by atoms with Crippen molar-refractivity contribution in [1.82, 2.24) is 29.9 Å². The van der Waals surface area contributed by atoms with Gasteiger partial charge in [-0.15, -0.1) is 0 Å². The van der Waals surface area contributed by atoms with E-state index < -0.39 is 85.5 Å². The number of rotatable bonds is 19. The van der Waals surface area contributed by atoms with Crippen molar-refractivity contribution in [2.24, 2.45) is 5.41 Å². The van der Waals surface area contributed by atoms with Gasteiger partial charge in [0.2, 0.25) is 17.7 Å². The summed E-state index contributed by atoms with van der Waals surface area (Å²) in [6.45, 7) is 12.2. The number of aliphatic hydroxyl groups is 1. The Hall–Kier alpha value is -5.68. The Morgan fingerprint density at radius 3 is 2.05 bits per heavy atom. The summed E-state index contributed by atoms with van der Waals surface area (Å²) < 4.78 is 31.5. The highest BCUT2D eigenvalue weighted by Crippen LogP contribution is 2.41. The molecule has 2 heterocycles. The van der Waals surface area contributed by atoms with E-state index in [4.69, 9.17) is 0 Å². The zero-order valence-corrected chi connectivity index (χ0v) is 36.2. The van der Waals surface area contributed by atoms with E-state index in [2.05, 4.69) is 30.3 Å². The Morgan fingerprint density at radius 2 is 1.48 bits per heavy atom. The third kappa shape index (κ3) is 12.2. The fraction of sp³-hybridized carbons (Fsp3) is 0.442. The maximum atomic E-state index is 15.2. The maximum absolute atomic E-state index is 15.2. The number of halogens is 2. The van der Waals surface area contributed by atoms with Crippen molar-refractivity contribution in [2.75, 3.05) is 32.8 Å². The predicted molar refractivity (Wildman–Crippen MR) is 224 cm³/mol. The topological polar surface area (TPSA) is 182 Å². The van der Waals surface area contributed by atoms with Crippen LogP contribution in [0.3, 0.4) is 0 Å². The van der Waals surface area contributed by atoms with Gasteiger partial charge < -0.3 is 30.3 Å². The van der Waals surface area contributed by atoms with Gasteiger partial charge in [0.05, 0.1) is 6.04 Å². The SMILES string of the molecule is C[C@H](C(=O)NCCNC(=O)[C@H](CCN(C(=O)CO)[C@@H](c1cc(-c2cc(F)ccc2F)cn1Cc1ccccc1)C(C)(C)C)N(CC[Si](C)(C)C)C(=O)O)N1C(=O)C=CC1=O. The van der Waals surface area contributed by atoms with Gasteiger partial charge in [0, 0.05) is 76.0 Å². The van der Waals surface area contributed by atoms with Crippen LogP contribution in [0.15, 0.2) is 72.9 Å². The molecule has 0 fully saturated rings. The van der Waals surface area contributed by atoms with Gasteiger partial charge in [-0.3, -0.25) is 33.8 Å². The first-order valence-corrected chi connectivity index (χ1v) is 23.5. The van der Waals surface area contributed by atoms with E-state index in [9.17, 15) is 43.4 Å². The van der Waals surface area contributed by atoms with Crippen LogP contribution >= 0.6 is 0 Å². The molecule has 0 spiro atoms. The highest BCUT2D eigenvalue weighted by molar-refractivity contribution is 6.76. The summed E-state index contributed by atoms with van der Waals surface area (Å²) in [5.74, 6) is -4.58. The number of benzene rings is 2. The zero-order chi connectivity index (χ0) is 44.5. The molecule has 0 saturated heterocycles. The van der Waals surface area contributed by atoms with Crippen LogP contribution in [0.4, 0.5) is 13.6 Å². The Morgan fingerprint density at radius 1 is 0.867 bits per heavy atom. The van der Waals surface area contributed by atoms with Crippen LogP contribution in [-0.4, -0.2) is 118 Å². The van der Waals surface area contributed by atoms with E-state index in [0.29, 0.717) is 17.3 Å². The minimum Gasteiger partial charge on any atom is -0.465 e. The molecule has 2 aromatic carbocycles. The van der Waals surface area contributed by atoms with Crippen LogP contribution in [0.5, 0.6) is 0 Å². The summed E-state index contributed by atoms with van der Waals surface area (Å²) in [5, 5.41) is 26.1. The van der Waals surface area contributed by atoms with Crippen LogP contribution in [-0.2, 0) is 30.5 Å². The molecule has 17 heteroatoms. The summed E-state index contributed by atoms with van der Waals surface area (Å²) in [4.78, 5) is 80.8. The number of carboxylic acid groups (broad SMARTS) is 1. The number of amides is 6. The number of hydrogen-bond donors (Lipinski definition) is 4. The number of nitrogens with one attached hydrogen (secondary N) is 2. The summed E-state index contributed by atoms with van der Waals surface area (Å²) in [7, 11) is -1.84. The number of aromatic nitrogens is 1. The van der Waals surface area contributed by atoms with Gasteiger partial charge >= 0.3 is 6.09 Å². The average Bonchev–Trinajstić information content (AvgIpc) is 3.74. The lowest BCUT2D eigenvalue weighted by molar-refractivity contribution is -0.144. The summed E-state index contributed by atoms with van der Waals surface area (Å²) >= 11 is 0. The first-order valence-electron chi connectivity index (χ1n) is 19.8. The molecule has 3 atom stereocenters. The third-order valence-electron chi connectivity index (χ3n) is 10.2. The molecular weight excluding hydrogens is 795 g/mol. The molecule has 4 rings (SSSR count). The summed E-state index contributed by atoms with van der Waals surface area (Å²) in [6, 6.07) is 11.5. The molecule has 60 heavy (non-hydrogen) atoms. The van der Waals surface area contributed by atoms with Crippen molar-refractivity contribution in [3.05, 3.63) is 95.8 Å². The van der Waals surface area contributed by atoms with Gasteiger partial charge in [0.25, 0.3) is 11.8 Å². The highest BCUT2D eigenvalue weighted by Gasteiger charge is 2.39. The third-order valence-corrected chi connectivity index (χ3v) is 12.0. The van der Waals surface area contributed by atoms with Crippen LogP contribution in [0.25, 0.3) is 11.1 Å². The quantitative estimate of drug-likeness (QED) is 0.0738. The van der Waals surface area contributed by atoms with Crippen LogP contribution in [0.1, 0.15) is 51.4 Å². The first-order chi connectivity index (χ1) is 28.1. The van der Waals surface area contributed by atoms with Gasteiger partial charge in [0.15, 0.2) is 0 Å². The van der Waals surface area contributed by atoms with Gasteiger partial charge in [0.1, 0.15) is 30.3 Å². The smallest absolute Gasteiger partial charge is 0.407 e. The fourth-order valence-electron chi connectivity index (χ4n) is 7.18. The molecule has 0 aliphatic carbocycles. The highest BCUT2D eigenvalue weighted by atomic mass is 28.3. The molecule has 3 aromatic rings. The average molecular weight is 851 g/mol. The Labute approximate surface area is 350 Å². The maximum Gasteiger partial charge on any atom is 0.407 e. The van der Waals surface area contributed by atoms with Crippen molar-refractivity contribution in [3.63, 3.8) is 0 Å². The van der Waals surface area contributed by atoms with Crippen molar-refractivity contribution in [2.45, 2.75) is 84.5 Å². The van der Waals surface area contributed by atoms with E-state index in [1.165, 1.54) is 11.8 Å². The number of carbonyl (C=O) groups excluding carboxylic acids is 5. The van der Waals surface area contributed by atoms with Crippen molar-refractivity contribution in [3.8, 4) is 11.1 Å². The molecule has 324 valence electrons. The Kier molecular flexibility index (Phi) is 15.7. The Bertz CT molecular complexity index is 2060. The van der Waals surface area contributed by atoms with Crippen molar-refractivity contribution < 1.29 is 47.8 Å². The standard InChI is InChI=1S/C43H56F2N6O8Si/c1-28(51-36(53)15-16-37(51)54)40(56)46-18-19-47-41(57)34(49(42(58)59)21-22-60(5,6)7)17-20-50(38(55)27-52)39(43(2,3)4)35-23-30(32-24-31(44)13-14-33(32)45)26-48(35)25-29-11-9-8-10-12-29/h8-16,23-24,26,28,34,39,52H,17-22,25,27H2,1-7H3,(H,46,56)(H,47,57)(H,58,59)/t28-,34+,39+/m1/s1. The second kappa shape index (κ2) is 20.0. The summed E-state index contributed by atoms with van der Waals surface area (Å²) in [6.07, 6.45) is 2.26. The first kappa shape index (κ1) is 47.0. The molecule has 4 N–H and O–H groups in total. The number of carbonyl (C=O) groups is 6. The number of hydrogen-bond acceptors (Lipinski definition) is 7. The number of aliphatic hydroxyl groups excluding tert-OH is 1. The van der Waals surface area contributed by atoms with Crippen molar-refractivity contribution >= 4 is 43.7 Å². The van der Waals surface area contributed by atoms with Gasteiger partial charge in [-0.05, 0) is 54.6 Å². The second-order valence-electron chi connectivity index (χ2n) is 17.1. The molecule has 0 bridgehead atoms. The normalized spacial score (nSPS) is 14.5. The molecular formula is C43H56F2N6O8Si.